The first-order chi connectivity index (χ1) is 6.47. The number of allylic oxidation sites excluding steroid dienone is 1. The normalized spacial score (nSPS) is 13.2. The highest BCUT2D eigenvalue weighted by atomic mass is 14.7. The molecule has 1 nitrogen and oxygen atoms in total. The first-order valence-corrected chi connectivity index (χ1v) is 4.73. The van der Waals surface area contributed by atoms with E-state index < -0.39 is 0 Å². The van der Waals surface area contributed by atoms with E-state index in [-0.39, 0.29) is 0 Å². The molecule has 0 amide bonds. The number of hydrogen-bond acceptors (Lipinski definition) is 1. The predicted octanol–water partition coefficient (Wildman–Crippen LogP) is 3.53. The SMILES string of the molecule is C1=NC=C(c2ccccc2)C1.CC. The number of aliphatic imine (C=N–C) groups is 1. The molecular weight excluding hydrogens is 158 g/mol. The Morgan fingerprint density at radius 3 is 2.31 bits per heavy atom. The molecule has 1 aliphatic heterocycles. The standard InChI is InChI=1S/C10H9N.C2H6/c1-2-4-9(5-3-1)10-6-7-11-8-10;1-2/h1-5,7-8H,6H2;1-2H3. The molecule has 0 spiro atoms. The second-order valence-electron chi connectivity index (χ2n) is 2.56. The lowest BCUT2D eigenvalue weighted by Crippen LogP contribution is -1.79. The van der Waals surface area contributed by atoms with Crippen LogP contribution in [0.3, 0.4) is 0 Å². The van der Waals surface area contributed by atoms with Crippen molar-refractivity contribution in [2.24, 2.45) is 4.99 Å². The van der Waals surface area contributed by atoms with Crippen molar-refractivity contribution in [2.75, 3.05) is 0 Å². The molecule has 0 saturated heterocycles. The summed E-state index contributed by atoms with van der Waals surface area (Å²) >= 11 is 0. The molecule has 1 heteroatoms. The van der Waals surface area contributed by atoms with Gasteiger partial charge in [0.1, 0.15) is 0 Å². The van der Waals surface area contributed by atoms with Crippen molar-refractivity contribution in [3.05, 3.63) is 42.1 Å². The zero-order valence-electron chi connectivity index (χ0n) is 8.20. The van der Waals surface area contributed by atoms with Crippen LogP contribution in [0.5, 0.6) is 0 Å². The lowest BCUT2D eigenvalue weighted by Gasteiger charge is -1.97. The van der Waals surface area contributed by atoms with Crippen LogP contribution in [0.2, 0.25) is 0 Å². The maximum atomic E-state index is 4.05. The van der Waals surface area contributed by atoms with E-state index >= 15 is 0 Å². The van der Waals surface area contributed by atoms with Crippen molar-refractivity contribution in [3.8, 4) is 0 Å². The number of hydrogen-bond donors (Lipinski definition) is 0. The largest absolute Gasteiger partial charge is 0.268 e. The molecule has 2 rings (SSSR count). The van der Waals surface area contributed by atoms with Gasteiger partial charge in [-0.3, -0.25) is 4.99 Å². The summed E-state index contributed by atoms with van der Waals surface area (Å²) in [6.07, 6.45) is 4.83. The van der Waals surface area contributed by atoms with Gasteiger partial charge in [0.05, 0.1) is 0 Å². The highest BCUT2D eigenvalue weighted by Crippen LogP contribution is 2.19. The molecule has 1 aliphatic rings. The van der Waals surface area contributed by atoms with Gasteiger partial charge in [0.2, 0.25) is 0 Å². The third-order valence-corrected chi connectivity index (χ3v) is 1.79. The lowest BCUT2D eigenvalue weighted by molar-refractivity contribution is 1.50. The number of benzene rings is 1. The second-order valence-corrected chi connectivity index (χ2v) is 2.56. The van der Waals surface area contributed by atoms with Crippen molar-refractivity contribution in [1.82, 2.24) is 0 Å². The molecule has 0 fully saturated rings. The van der Waals surface area contributed by atoms with E-state index in [4.69, 9.17) is 0 Å². The third-order valence-electron chi connectivity index (χ3n) is 1.79. The summed E-state index contributed by atoms with van der Waals surface area (Å²) in [7, 11) is 0. The molecule has 1 heterocycles. The van der Waals surface area contributed by atoms with Gasteiger partial charge in [-0.15, -0.1) is 0 Å². The fourth-order valence-corrected chi connectivity index (χ4v) is 1.19. The van der Waals surface area contributed by atoms with Crippen molar-refractivity contribution in [3.63, 3.8) is 0 Å². The van der Waals surface area contributed by atoms with Gasteiger partial charge in [-0.05, 0) is 11.1 Å². The summed E-state index contributed by atoms with van der Waals surface area (Å²) in [5, 5.41) is 0. The van der Waals surface area contributed by atoms with E-state index in [1.807, 2.05) is 32.3 Å². The molecule has 0 atom stereocenters. The monoisotopic (exact) mass is 173 g/mol. The molecule has 13 heavy (non-hydrogen) atoms. The smallest absolute Gasteiger partial charge is 0.0305 e. The van der Waals surface area contributed by atoms with Crippen LogP contribution in [-0.2, 0) is 0 Å². The summed E-state index contributed by atoms with van der Waals surface area (Å²) in [6.45, 7) is 4.00. The Bertz CT molecular complexity index is 296. The van der Waals surface area contributed by atoms with E-state index in [9.17, 15) is 0 Å². The molecule has 0 radical (unpaired) electrons. The highest BCUT2D eigenvalue weighted by Gasteiger charge is 2.01. The first kappa shape index (κ1) is 9.72. The van der Waals surface area contributed by atoms with E-state index in [0.717, 1.165) is 6.42 Å². The molecule has 0 aliphatic carbocycles. The van der Waals surface area contributed by atoms with Crippen LogP contribution in [0.4, 0.5) is 0 Å². The minimum Gasteiger partial charge on any atom is -0.268 e. The number of rotatable bonds is 1. The fraction of sp³-hybridized carbons (Fsp3) is 0.250. The van der Waals surface area contributed by atoms with Gasteiger partial charge in [0, 0.05) is 18.8 Å². The molecule has 0 bridgehead atoms. The average molecular weight is 173 g/mol. The van der Waals surface area contributed by atoms with Gasteiger partial charge < -0.3 is 0 Å². The van der Waals surface area contributed by atoms with Crippen LogP contribution < -0.4 is 0 Å². The quantitative estimate of drug-likeness (QED) is 0.616. The molecule has 0 saturated carbocycles. The Balaban J connectivity index is 0.000000396. The molecule has 68 valence electrons. The summed E-state index contributed by atoms with van der Waals surface area (Å²) in [4.78, 5) is 4.05. The molecule has 0 unspecified atom stereocenters. The van der Waals surface area contributed by atoms with Crippen LogP contribution in [-0.4, -0.2) is 6.21 Å². The lowest BCUT2D eigenvalue weighted by atomic mass is 10.1. The van der Waals surface area contributed by atoms with Gasteiger partial charge in [-0.2, -0.15) is 0 Å². The maximum Gasteiger partial charge on any atom is 0.0305 e. The van der Waals surface area contributed by atoms with Gasteiger partial charge >= 0.3 is 0 Å². The van der Waals surface area contributed by atoms with Crippen LogP contribution in [0.15, 0.2) is 41.5 Å². The molecule has 1 aromatic carbocycles. The van der Waals surface area contributed by atoms with Gasteiger partial charge in [0.15, 0.2) is 0 Å². The molecule has 0 N–H and O–H groups in total. The minimum atomic E-state index is 0.976. The molecule has 0 aromatic heterocycles. The Morgan fingerprint density at radius 1 is 1.08 bits per heavy atom. The van der Waals surface area contributed by atoms with Gasteiger partial charge in [-0.25, -0.2) is 0 Å². The number of nitrogens with zero attached hydrogens (tertiary/aromatic N) is 1. The topological polar surface area (TPSA) is 12.4 Å². The summed E-state index contributed by atoms with van der Waals surface area (Å²) < 4.78 is 0. The van der Waals surface area contributed by atoms with Crippen molar-refractivity contribution >= 4 is 11.8 Å². The summed E-state index contributed by atoms with van der Waals surface area (Å²) in [6, 6.07) is 10.4. The maximum absolute atomic E-state index is 4.05. The highest BCUT2D eigenvalue weighted by molar-refractivity contribution is 5.84. The van der Waals surface area contributed by atoms with E-state index in [0.29, 0.717) is 0 Å². The Morgan fingerprint density at radius 2 is 1.77 bits per heavy atom. The zero-order valence-corrected chi connectivity index (χ0v) is 8.20. The van der Waals surface area contributed by atoms with Crippen LogP contribution >= 0.6 is 0 Å². The second kappa shape index (κ2) is 5.31. The Labute approximate surface area is 79.8 Å². The fourth-order valence-electron chi connectivity index (χ4n) is 1.19. The van der Waals surface area contributed by atoms with Gasteiger partial charge in [-0.1, -0.05) is 44.2 Å². The Hall–Kier alpha value is -1.37. The average Bonchev–Trinajstić information content (AvgIpc) is 2.75. The van der Waals surface area contributed by atoms with Crippen molar-refractivity contribution in [2.45, 2.75) is 20.3 Å². The van der Waals surface area contributed by atoms with E-state index in [2.05, 4.69) is 29.3 Å². The molecule has 1 aromatic rings. The van der Waals surface area contributed by atoms with Crippen LogP contribution in [0.25, 0.3) is 5.57 Å². The van der Waals surface area contributed by atoms with Crippen molar-refractivity contribution in [1.29, 1.82) is 0 Å². The van der Waals surface area contributed by atoms with E-state index in [1.165, 1.54) is 11.1 Å². The molecular formula is C12H15N. The first-order valence-electron chi connectivity index (χ1n) is 4.73. The van der Waals surface area contributed by atoms with Crippen LogP contribution in [0, 0.1) is 0 Å². The minimum absolute atomic E-state index is 0.976. The Kier molecular flexibility index (Phi) is 3.97. The van der Waals surface area contributed by atoms with Crippen LogP contribution in [0.1, 0.15) is 25.8 Å². The summed E-state index contributed by atoms with van der Waals surface area (Å²) in [5.41, 5.74) is 2.59. The van der Waals surface area contributed by atoms with Crippen molar-refractivity contribution < 1.29 is 0 Å². The van der Waals surface area contributed by atoms with E-state index in [1.54, 1.807) is 0 Å². The predicted molar refractivity (Wildman–Crippen MR) is 58.9 cm³/mol. The zero-order chi connectivity index (χ0) is 9.52. The third kappa shape index (κ3) is 2.55. The van der Waals surface area contributed by atoms with Gasteiger partial charge in [0.25, 0.3) is 0 Å². The summed E-state index contributed by atoms with van der Waals surface area (Å²) in [5.74, 6) is 0.